The number of nitro groups is 1. The van der Waals surface area contributed by atoms with E-state index in [1.54, 1.807) is 36.2 Å². The molecule has 0 unspecified atom stereocenters. The Balaban J connectivity index is 1.56. The van der Waals surface area contributed by atoms with Gasteiger partial charge in [0, 0.05) is 56.0 Å². The van der Waals surface area contributed by atoms with Gasteiger partial charge in [-0.2, -0.15) is 0 Å². The molecule has 0 aliphatic carbocycles. The predicted octanol–water partition coefficient (Wildman–Crippen LogP) is 3.28. The number of hydrogen-bond acceptors (Lipinski definition) is 5. The van der Waals surface area contributed by atoms with Crippen LogP contribution in [-0.4, -0.2) is 42.2 Å². The maximum absolute atomic E-state index is 12.8. The zero-order valence-electron chi connectivity index (χ0n) is 15.8. The molecule has 1 heterocycles. The van der Waals surface area contributed by atoms with Gasteiger partial charge in [-0.05, 0) is 42.7 Å². The summed E-state index contributed by atoms with van der Waals surface area (Å²) in [5.74, 6) is 0.0247. The van der Waals surface area contributed by atoms with Crippen LogP contribution in [0.4, 0.5) is 11.4 Å². The van der Waals surface area contributed by atoms with E-state index >= 15 is 0 Å². The lowest BCUT2D eigenvalue weighted by atomic mass is 9.94. The van der Waals surface area contributed by atoms with Gasteiger partial charge in [-0.3, -0.25) is 19.7 Å². The Labute approximate surface area is 163 Å². The molecule has 1 aliphatic rings. The minimum absolute atomic E-state index is 0.0345. The normalized spacial score (nSPS) is 14.5. The molecule has 2 aromatic rings. The number of carbonyl (C=O) groups excluding carboxylic acids is 2. The largest absolute Gasteiger partial charge is 0.371 e. The van der Waals surface area contributed by atoms with Crippen molar-refractivity contribution in [3.63, 3.8) is 0 Å². The molecule has 0 bridgehead atoms. The fourth-order valence-electron chi connectivity index (χ4n) is 3.58. The smallest absolute Gasteiger partial charge is 0.269 e. The highest BCUT2D eigenvalue weighted by Gasteiger charge is 2.27. The first-order valence-corrected chi connectivity index (χ1v) is 9.26. The lowest BCUT2D eigenvalue weighted by Crippen LogP contribution is -2.41. The van der Waals surface area contributed by atoms with Gasteiger partial charge in [-0.1, -0.05) is 12.1 Å². The molecule has 1 fully saturated rings. The standard InChI is InChI=1S/C21H23N3O4/c1-22(14-17-3-2-4-20(13-17)24(27)28)21(26)18-9-11-23(12-10-18)19-7-5-16(15-25)6-8-19/h2-8,13,15,18H,9-12,14H2,1H3. The second-order valence-corrected chi connectivity index (χ2v) is 7.09. The average Bonchev–Trinajstić information content (AvgIpc) is 2.73. The van der Waals surface area contributed by atoms with Gasteiger partial charge in [0.2, 0.25) is 5.91 Å². The Hall–Kier alpha value is -3.22. The van der Waals surface area contributed by atoms with E-state index in [1.807, 2.05) is 12.1 Å². The van der Waals surface area contributed by atoms with Crippen LogP contribution < -0.4 is 4.90 Å². The molecule has 0 spiro atoms. The number of nitrogens with zero attached hydrogens (tertiary/aromatic N) is 3. The number of piperidine rings is 1. The highest BCUT2D eigenvalue weighted by Crippen LogP contribution is 2.25. The van der Waals surface area contributed by atoms with Crippen molar-refractivity contribution in [1.29, 1.82) is 0 Å². The zero-order valence-corrected chi connectivity index (χ0v) is 15.8. The molecule has 28 heavy (non-hydrogen) atoms. The second kappa shape index (κ2) is 8.65. The van der Waals surface area contributed by atoms with E-state index in [0.29, 0.717) is 12.1 Å². The first-order chi connectivity index (χ1) is 13.5. The van der Waals surface area contributed by atoms with E-state index in [4.69, 9.17) is 0 Å². The Kier molecular flexibility index (Phi) is 6.03. The number of benzene rings is 2. The summed E-state index contributed by atoms with van der Waals surface area (Å²) in [6.45, 7) is 1.91. The maximum atomic E-state index is 12.8. The third-order valence-electron chi connectivity index (χ3n) is 5.16. The van der Waals surface area contributed by atoms with Crippen molar-refractivity contribution in [2.75, 3.05) is 25.0 Å². The molecule has 1 aliphatic heterocycles. The maximum Gasteiger partial charge on any atom is 0.269 e. The fraction of sp³-hybridized carbons (Fsp3) is 0.333. The molecule has 0 atom stereocenters. The summed E-state index contributed by atoms with van der Waals surface area (Å²) in [5, 5.41) is 10.9. The molecule has 146 valence electrons. The van der Waals surface area contributed by atoms with Crippen LogP contribution in [0.5, 0.6) is 0 Å². The van der Waals surface area contributed by atoms with Gasteiger partial charge >= 0.3 is 0 Å². The van der Waals surface area contributed by atoms with E-state index in [0.717, 1.165) is 43.5 Å². The van der Waals surface area contributed by atoms with Gasteiger partial charge in [-0.15, -0.1) is 0 Å². The van der Waals surface area contributed by atoms with Crippen molar-refractivity contribution in [2.45, 2.75) is 19.4 Å². The lowest BCUT2D eigenvalue weighted by molar-refractivity contribution is -0.384. The number of non-ortho nitro benzene ring substituents is 1. The second-order valence-electron chi connectivity index (χ2n) is 7.09. The van der Waals surface area contributed by atoms with Crippen LogP contribution >= 0.6 is 0 Å². The Morgan fingerprint density at radius 2 is 1.89 bits per heavy atom. The molecule has 7 heteroatoms. The van der Waals surface area contributed by atoms with Crippen LogP contribution in [0.2, 0.25) is 0 Å². The number of hydrogen-bond donors (Lipinski definition) is 0. The van der Waals surface area contributed by atoms with Crippen molar-refractivity contribution in [3.05, 3.63) is 69.8 Å². The quantitative estimate of drug-likeness (QED) is 0.436. The number of rotatable bonds is 6. The zero-order chi connectivity index (χ0) is 20.1. The van der Waals surface area contributed by atoms with Crippen LogP contribution in [0.1, 0.15) is 28.8 Å². The summed E-state index contributed by atoms with van der Waals surface area (Å²) in [6, 6.07) is 13.8. The number of anilines is 1. The predicted molar refractivity (Wildman–Crippen MR) is 106 cm³/mol. The number of aldehydes is 1. The minimum Gasteiger partial charge on any atom is -0.371 e. The summed E-state index contributed by atoms with van der Waals surface area (Å²) >= 11 is 0. The average molecular weight is 381 g/mol. The molecule has 0 N–H and O–H groups in total. The highest BCUT2D eigenvalue weighted by atomic mass is 16.6. The molecule has 1 saturated heterocycles. The molecule has 0 aromatic heterocycles. The highest BCUT2D eigenvalue weighted by molar-refractivity contribution is 5.79. The van der Waals surface area contributed by atoms with Gasteiger partial charge in [-0.25, -0.2) is 0 Å². The summed E-state index contributed by atoms with van der Waals surface area (Å²) in [6.07, 6.45) is 2.34. The van der Waals surface area contributed by atoms with Crippen LogP contribution in [0.25, 0.3) is 0 Å². The van der Waals surface area contributed by atoms with E-state index in [1.165, 1.54) is 12.1 Å². The molecular formula is C21H23N3O4. The first-order valence-electron chi connectivity index (χ1n) is 9.26. The van der Waals surface area contributed by atoms with Gasteiger partial charge in [0.15, 0.2) is 0 Å². The van der Waals surface area contributed by atoms with Gasteiger partial charge in [0.25, 0.3) is 5.69 Å². The van der Waals surface area contributed by atoms with Crippen molar-refractivity contribution in [1.82, 2.24) is 4.90 Å². The van der Waals surface area contributed by atoms with Crippen LogP contribution in [-0.2, 0) is 11.3 Å². The summed E-state index contributed by atoms with van der Waals surface area (Å²) in [5.41, 5.74) is 2.49. The monoisotopic (exact) mass is 381 g/mol. The molecule has 7 nitrogen and oxygen atoms in total. The van der Waals surface area contributed by atoms with E-state index in [2.05, 4.69) is 4.90 Å². The number of carbonyl (C=O) groups is 2. The number of nitro benzene ring substituents is 1. The van der Waals surface area contributed by atoms with Crippen LogP contribution in [0.15, 0.2) is 48.5 Å². The van der Waals surface area contributed by atoms with E-state index < -0.39 is 4.92 Å². The van der Waals surface area contributed by atoms with Crippen molar-refractivity contribution in [3.8, 4) is 0 Å². The summed E-state index contributed by atoms with van der Waals surface area (Å²) in [7, 11) is 1.74. The number of amides is 1. The molecule has 3 rings (SSSR count). The van der Waals surface area contributed by atoms with Gasteiger partial charge in [0.1, 0.15) is 6.29 Å². The first kappa shape index (κ1) is 19.5. The molecule has 2 aromatic carbocycles. The Morgan fingerprint density at radius 3 is 2.50 bits per heavy atom. The molecule has 0 radical (unpaired) electrons. The molecular weight excluding hydrogens is 358 g/mol. The SMILES string of the molecule is CN(Cc1cccc([N+](=O)[O-])c1)C(=O)C1CCN(c2ccc(C=O)cc2)CC1. The van der Waals surface area contributed by atoms with Crippen LogP contribution in [0.3, 0.4) is 0 Å². The molecule has 1 amide bonds. The minimum atomic E-state index is -0.428. The third-order valence-corrected chi connectivity index (χ3v) is 5.16. The topological polar surface area (TPSA) is 83.8 Å². The van der Waals surface area contributed by atoms with Crippen LogP contribution in [0, 0.1) is 16.0 Å². The molecule has 0 saturated carbocycles. The Bertz CT molecular complexity index is 858. The van der Waals surface area contributed by atoms with Crippen molar-refractivity contribution in [2.24, 2.45) is 5.92 Å². The van der Waals surface area contributed by atoms with Gasteiger partial charge in [0.05, 0.1) is 4.92 Å². The van der Waals surface area contributed by atoms with Gasteiger partial charge < -0.3 is 9.80 Å². The van der Waals surface area contributed by atoms with Crippen molar-refractivity contribution < 1.29 is 14.5 Å². The third kappa shape index (κ3) is 4.54. The Morgan fingerprint density at radius 1 is 1.21 bits per heavy atom. The van der Waals surface area contributed by atoms with E-state index in [-0.39, 0.29) is 17.5 Å². The summed E-state index contributed by atoms with van der Waals surface area (Å²) in [4.78, 5) is 37.9. The van der Waals surface area contributed by atoms with Crippen molar-refractivity contribution >= 4 is 23.6 Å². The summed E-state index contributed by atoms with van der Waals surface area (Å²) < 4.78 is 0. The van der Waals surface area contributed by atoms with E-state index in [9.17, 15) is 19.7 Å². The fourth-order valence-corrected chi connectivity index (χ4v) is 3.58. The lowest BCUT2D eigenvalue weighted by Gasteiger charge is -2.34.